The zero-order valence-electron chi connectivity index (χ0n) is 22.9. The number of sulfonamides is 1. The van der Waals surface area contributed by atoms with Crippen LogP contribution in [0.3, 0.4) is 0 Å². The van der Waals surface area contributed by atoms with Crippen LogP contribution in [-0.4, -0.2) is 66.1 Å². The average Bonchev–Trinajstić information content (AvgIpc) is 3.26. The van der Waals surface area contributed by atoms with Crippen LogP contribution in [0.25, 0.3) is 22.4 Å². The number of hydrogen-bond acceptors (Lipinski definition) is 9. The first kappa shape index (κ1) is 26.9. The highest BCUT2D eigenvalue weighted by Crippen LogP contribution is 2.34. The molecule has 0 amide bonds. The summed E-state index contributed by atoms with van der Waals surface area (Å²) >= 11 is 0. The number of nitrogens with zero attached hydrogens (tertiary/aromatic N) is 6. The standard InChI is InChI=1S/C30H30N6O4S/c1-21-6-8-22(9-7-21)19-26-32-29(27-28(34-40-30(27)33-26)23-5-3-14-31-20-23)35-15-4-16-36(18-17-35)41(37,38)25-12-10-24(39-2)11-13-25/h3,5-14,20H,4,15-19H2,1-2H3. The van der Waals surface area contributed by atoms with Gasteiger partial charge in [-0.25, -0.2) is 13.4 Å². The summed E-state index contributed by atoms with van der Waals surface area (Å²) in [6.07, 6.45) is 4.59. The lowest BCUT2D eigenvalue weighted by atomic mass is 10.1. The van der Waals surface area contributed by atoms with E-state index in [0.29, 0.717) is 73.2 Å². The number of ether oxygens (including phenoxy) is 1. The molecule has 0 radical (unpaired) electrons. The van der Waals surface area contributed by atoms with Gasteiger partial charge in [0.05, 0.1) is 12.0 Å². The molecule has 0 bridgehead atoms. The van der Waals surface area contributed by atoms with Crippen LogP contribution in [0.2, 0.25) is 0 Å². The van der Waals surface area contributed by atoms with E-state index in [1.54, 1.807) is 43.8 Å². The summed E-state index contributed by atoms with van der Waals surface area (Å²) in [6.45, 7) is 3.82. The van der Waals surface area contributed by atoms with Crippen molar-refractivity contribution in [1.82, 2.24) is 24.4 Å². The van der Waals surface area contributed by atoms with E-state index in [-0.39, 0.29) is 4.90 Å². The highest BCUT2D eigenvalue weighted by molar-refractivity contribution is 7.89. The van der Waals surface area contributed by atoms with Gasteiger partial charge in [-0.1, -0.05) is 35.0 Å². The molecule has 2 aromatic carbocycles. The Balaban J connectivity index is 1.35. The number of aryl methyl sites for hydroxylation is 1. The van der Waals surface area contributed by atoms with Gasteiger partial charge in [-0.05, 0) is 55.3 Å². The van der Waals surface area contributed by atoms with E-state index in [2.05, 4.69) is 46.2 Å². The smallest absolute Gasteiger partial charge is 0.263 e. The molecule has 3 aromatic heterocycles. The van der Waals surface area contributed by atoms with Gasteiger partial charge in [0.2, 0.25) is 10.0 Å². The van der Waals surface area contributed by atoms with E-state index < -0.39 is 10.0 Å². The Morgan fingerprint density at radius 2 is 1.76 bits per heavy atom. The first-order valence-electron chi connectivity index (χ1n) is 13.4. The third-order valence-corrected chi connectivity index (χ3v) is 9.15. The molecule has 0 aliphatic carbocycles. The normalized spacial score (nSPS) is 14.7. The molecule has 0 spiro atoms. The largest absolute Gasteiger partial charge is 0.497 e. The fourth-order valence-corrected chi connectivity index (χ4v) is 6.49. The van der Waals surface area contributed by atoms with Crippen LogP contribution in [0.5, 0.6) is 5.75 Å². The summed E-state index contributed by atoms with van der Waals surface area (Å²) in [7, 11) is -2.12. The van der Waals surface area contributed by atoms with E-state index >= 15 is 0 Å². The topological polar surface area (TPSA) is 115 Å². The zero-order chi connectivity index (χ0) is 28.4. The Hall–Kier alpha value is -4.35. The molecule has 210 valence electrons. The third-order valence-electron chi connectivity index (χ3n) is 7.23. The molecule has 10 nitrogen and oxygen atoms in total. The van der Waals surface area contributed by atoms with E-state index in [1.165, 1.54) is 9.87 Å². The molecule has 1 aliphatic heterocycles. The minimum Gasteiger partial charge on any atom is -0.497 e. The van der Waals surface area contributed by atoms with Crippen molar-refractivity contribution in [1.29, 1.82) is 0 Å². The second-order valence-electron chi connectivity index (χ2n) is 10.00. The number of pyridine rings is 1. The van der Waals surface area contributed by atoms with Crippen molar-refractivity contribution in [3.8, 4) is 17.0 Å². The fraction of sp³-hybridized carbons (Fsp3) is 0.267. The summed E-state index contributed by atoms with van der Waals surface area (Å²) in [4.78, 5) is 16.3. The lowest BCUT2D eigenvalue weighted by Gasteiger charge is -2.23. The van der Waals surface area contributed by atoms with Gasteiger partial charge >= 0.3 is 0 Å². The predicted molar refractivity (Wildman–Crippen MR) is 155 cm³/mol. The molecular weight excluding hydrogens is 540 g/mol. The minimum atomic E-state index is -3.67. The van der Waals surface area contributed by atoms with E-state index in [4.69, 9.17) is 19.2 Å². The maximum absolute atomic E-state index is 13.5. The SMILES string of the molecule is COc1ccc(S(=O)(=O)N2CCCN(c3nc(Cc4ccc(C)cc4)nc4onc(-c5cccnc5)c34)CC2)cc1. The van der Waals surface area contributed by atoms with Crippen LogP contribution in [0.4, 0.5) is 5.82 Å². The van der Waals surface area contributed by atoms with Gasteiger partial charge in [0.1, 0.15) is 28.5 Å². The van der Waals surface area contributed by atoms with Gasteiger partial charge in [0, 0.05) is 50.6 Å². The average molecular weight is 571 g/mol. The van der Waals surface area contributed by atoms with Gasteiger partial charge in [-0.15, -0.1) is 0 Å². The summed E-state index contributed by atoms with van der Waals surface area (Å²) in [5.41, 5.74) is 4.06. The first-order chi connectivity index (χ1) is 19.9. The lowest BCUT2D eigenvalue weighted by molar-refractivity contribution is 0.413. The summed E-state index contributed by atoms with van der Waals surface area (Å²) in [5, 5.41) is 5.04. The van der Waals surface area contributed by atoms with Crippen molar-refractivity contribution in [2.45, 2.75) is 24.7 Å². The molecule has 5 aromatic rings. The third kappa shape index (κ3) is 5.50. The molecule has 1 aliphatic rings. The summed E-state index contributed by atoms with van der Waals surface area (Å²) in [6, 6.07) is 18.5. The Labute approximate surface area is 238 Å². The number of aromatic nitrogens is 4. The number of benzene rings is 2. The molecule has 0 saturated carbocycles. The van der Waals surface area contributed by atoms with Gasteiger partial charge in [0.25, 0.3) is 5.71 Å². The Bertz CT molecular complexity index is 1760. The van der Waals surface area contributed by atoms with Crippen LogP contribution in [0.15, 0.2) is 82.5 Å². The van der Waals surface area contributed by atoms with Crippen LogP contribution in [0, 0.1) is 6.92 Å². The molecule has 0 N–H and O–H groups in total. The zero-order valence-corrected chi connectivity index (χ0v) is 23.7. The van der Waals surface area contributed by atoms with Gasteiger partial charge in [-0.2, -0.15) is 9.29 Å². The van der Waals surface area contributed by atoms with Crippen LogP contribution >= 0.6 is 0 Å². The second-order valence-corrected chi connectivity index (χ2v) is 11.9. The first-order valence-corrected chi connectivity index (χ1v) is 14.9. The Kier molecular flexibility index (Phi) is 7.38. The van der Waals surface area contributed by atoms with Crippen molar-refractivity contribution < 1.29 is 17.7 Å². The van der Waals surface area contributed by atoms with E-state index in [9.17, 15) is 8.42 Å². The molecule has 1 saturated heterocycles. The predicted octanol–water partition coefficient (Wildman–Crippen LogP) is 4.49. The number of anilines is 1. The number of fused-ring (bicyclic) bond motifs is 1. The molecular formula is C30H30N6O4S. The van der Waals surface area contributed by atoms with Crippen molar-refractivity contribution >= 4 is 26.9 Å². The number of methoxy groups -OCH3 is 1. The van der Waals surface area contributed by atoms with Gasteiger partial charge in [0.15, 0.2) is 0 Å². The van der Waals surface area contributed by atoms with Crippen molar-refractivity contribution in [2.24, 2.45) is 0 Å². The van der Waals surface area contributed by atoms with E-state index in [0.717, 1.165) is 11.1 Å². The fourth-order valence-electron chi connectivity index (χ4n) is 5.02. The maximum atomic E-state index is 13.5. The molecule has 4 heterocycles. The monoisotopic (exact) mass is 570 g/mol. The van der Waals surface area contributed by atoms with E-state index in [1.807, 2.05) is 12.1 Å². The summed E-state index contributed by atoms with van der Waals surface area (Å²) in [5.74, 6) is 1.90. The number of hydrogen-bond donors (Lipinski definition) is 0. The van der Waals surface area contributed by atoms with Crippen molar-refractivity contribution in [3.05, 3.63) is 90.0 Å². The second kappa shape index (κ2) is 11.3. The Morgan fingerprint density at radius 3 is 2.49 bits per heavy atom. The molecule has 0 unspecified atom stereocenters. The van der Waals surface area contributed by atoms with Crippen LogP contribution in [0.1, 0.15) is 23.4 Å². The summed E-state index contributed by atoms with van der Waals surface area (Å²) < 4.78 is 39.4. The van der Waals surface area contributed by atoms with Crippen LogP contribution < -0.4 is 9.64 Å². The van der Waals surface area contributed by atoms with Gasteiger partial charge in [-0.3, -0.25) is 4.98 Å². The molecule has 11 heteroatoms. The lowest BCUT2D eigenvalue weighted by Crippen LogP contribution is -2.35. The highest BCUT2D eigenvalue weighted by Gasteiger charge is 2.29. The molecule has 6 rings (SSSR count). The number of rotatable bonds is 7. The molecule has 1 fully saturated rings. The van der Waals surface area contributed by atoms with Crippen molar-refractivity contribution in [3.63, 3.8) is 0 Å². The quantitative estimate of drug-likeness (QED) is 0.279. The van der Waals surface area contributed by atoms with Gasteiger partial charge < -0.3 is 14.2 Å². The van der Waals surface area contributed by atoms with Crippen LogP contribution in [-0.2, 0) is 16.4 Å². The van der Waals surface area contributed by atoms with Crippen molar-refractivity contribution in [2.75, 3.05) is 38.2 Å². The highest BCUT2D eigenvalue weighted by atomic mass is 32.2. The maximum Gasteiger partial charge on any atom is 0.263 e. The minimum absolute atomic E-state index is 0.245. The molecule has 41 heavy (non-hydrogen) atoms. The Morgan fingerprint density at radius 1 is 0.951 bits per heavy atom. The molecule has 0 atom stereocenters.